The first-order valence-corrected chi connectivity index (χ1v) is 20.4. The molecule has 54 heavy (non-hydrogen) atoms. The van der Waals surface area contributed by atoms with Gasteiger partial charge in [-0.2, -0.15) is 10.2 Å². The molecule has 0 amide bonds. The van der Waals surface area contributed by atoms with E-state index in [0.29, 0.717) is 51.2 Å². The number of Topliss-reactive ketones (excluding diaryl/α,β-unsaturated/α-hetero) is 1. The van der Waals surface area contributed by atoms with Crippen molar-refractivity contribution in [3.8, 4) is 0 Å². The lowest BCUT2D eigenvalue weighted by Crippen LogP contribution is -2.54. The minimum atomic E-state index is -0.481. The maximum absolute atomic E-state index is 14.6. The molecule has 5 aliphatic rings. The highest BCUT2D eigenvalue weighted by Crippen LogP contribution is 2.66. The minimum absolute atomic E-state index is 0.259. The van der Waals surface area contributed by atoms with Crippen LogP contribution < -0.4 is 16.2 Å². The van der Waals surface area contributed by atoms with E-state index in [0.717, 1.165) is 80.7 Å². The maximum Gasteiger partial charge on any atom is 0.272 e. The Balaban J connectivity index is 0.774. The Morgan fingerprint density at radius 1 is 0.981 bits per heavy atom. The molecule has 1 aliphatic heterocycles. The average Bonchev–Trinajstić information content (AvgIpc) is 3.74. The number of aryl methyl sites for hydroxylation is 1. The molecule has 4 aliphatic carbocycles. The first kappa shape index (κ1) is 35.6. The van der Waals surface area contributed by atoms with E-state index in [4.69, 9.17) is 4.74 Å². The predicted octanol–water partition coefficient (Wildman–Crippen LogP) is 8.07. The zero-order valence-electron chi connectivity index (χ0n) is 31.9. The van der Waals surface area contributed by atoms with Crippen LogP contribution in [0.4, 0.5) is 15.8 Å². The lowest BCUT2D eigenvalue weighted by molar-refractivity contribution is -0.145. The number of hydrogen-bond donors (Lipinski definition) is 3. The monoisotopic (exact) mass is 735 g/mol. The van der Waals surface area contributed by atoms with Crippen LogP contribution in [-0.2, 0) is 16.6 Å². The number of nitrogens with one attached hydrogen (secondary N) is 3. The normalized spacial score (nSPS) is 32.8. The number of benzene rings is 2. The molecule has 10 nitrogen and oxygen atoms in total. The molecule has 4 fully saturated rings. The fraction of sp³-hybridized carbons (Fsp3) is 0.605. The number of ketones is 1. The molecule has 2 aromatic carbocycles. The lowest BCUT2D eigenvalue weighted by atomic mass is 9.45. The van der Waals surface area contributed by atoms with E-state index < -0.39 is 11.4 Å². The van der Waals surface area contributed by atoms with Gasteiger partial charge in [0, 0.05) is 49.8 Å². The number of aromatic nitrogens is 5. The molecule has 9 rings (SSSR count). The summed E-state index contributed by atoms with van der Waals surface area (Å²) in [5.74, 6) is 3.34. The summed E-state index contributed by atoms with van der Waals surface area (Å²) in [6.07, 6.45) is 15.6. The fourth-order valence-electron chi connectivity index (χ4n) is 12.1. The number of carbonyl (C=O) groups excluding carboxylic acids is 1. The highest BCUT2D eigenvalue weighted by Gasteiger charge is 2.60. The SMILES string of the molecule is Cn1ncnc1[C@H]1c2n[nH]c(=O)c3cc(F)cc(c23)N[C@@H]1c1ccc(NCCCCCO[C@H]2CC[C@H]3[C@@H]4CC[C@H]5CC(=O)CC[C@]5(C)[C@H]4CC[C@]23C)cc1. The second kappa shape index (κ2) is 13.9. The average molecular weight is 736 g/mol. The van der Waals surface area contributed by atoms with Crippen LogP contribution in [0.5, 0.6) is 0 Å². The number of aromatic amines is 1. The van der Waals surface area contributed by atoms with E-state index in [1.807, 2.05) is 7.05 Å². The van der Waals surface area contributed by atoms with E-state index >= 15 is 0 Å². The maximum atomic E-state index is 14.6. The molecule has 3 N–H and O–H groups in total. The van der Waals surface area contributed by atoms with Gasteiger partial charge in [-0.3, -0.25) is 14.3 Å². The van der Waals surface area contributed by atoms with Crippen molar-refractivity contribution in [1.29, 1.82) is 0 Å². The van der Waals surface area contributed by atoms with Gasteiger partial charge in [0.15, 0.2) is 0 Å². The van der Waals surface area contributed by atoms with Crippen LogP contribution in [0.25, 0.3) is 10.8 Å². The van der Waals surface area contributed by atoms with Crippen molar-refractivity contribution < 1.29 is 13.9 Å². The van der Waals surface area contributed by atoms with Gasteiger partial charge in [0.25, 0.3) is 5.56 Å². The van der Waals surface area contributed by atoms with Crippen molar-refractivity contribution in [2.24, 2.45) is 41.5 Å². The van der Waals surface area contributed by atoms with Gasteiger partial charge in [-0.1, -0.05) is 26.0 Å². The van der Waals surface area contributed by atoms with E-state index in [1.54, 1.807) is 4.68 Å². The molecule has 4 saturated carbocycles. The minimum Gasteiger partial charge on any atom is -0.385 e. The number of anilines is 2. The number of H-pyrrole nitrogens is 1. The second-order valence-corrected chi connectivity index (χ2v) is 17.6. The van der Waals surface area contributed by atoms with Gasteiger partial charge in [0.2, 0.25) is 0 Å². The van der Waals surface area contributed by atoms with Gasteiger partial charge in [0.05, 0.1) is 29.1 Å². The molecule has 9 atom stereocenters. The molecule has 0 unspecified atom stereocenters. The van der Waals surface area contributed by atoms with Crippen LogP contribution in [0.3, 0.4) is 0 Å². The van der Waals surface area contributed by atoms with Gasteiger partial charge >= 0.3 is 0 Å². The number of carbonyl (C=O) groups is 1. The summed E-state index contributed by atoms with van der Waals surface area (Å²) >= 11 is 0. The number of unbranched alkanes of at least 4 members (excludes halogenated alkanes) is 2. The zero-order valence-corrected chi connectivity index (χ0v) is 31.9. The van der Waals surface area contributed by atoms with Crippen LogP contribution in [0.1, 0.15) is 120 Å². The summed E-state index contributed by atoms with van der Waals surface area (Å²) in [6, 6.07) is 10.7. The Hall–Kier alpha value is -4.12. The molecule has 0 saturated heterocycles. The molecule has 286 valence electrons. The van der Waals surface area contributed by atoms with Crippen LogP contribution in [0.15, 0.2) is 47.5 Å². The topological polar surface area (TPSA) is 127 Å². The van der Waals surface area contributed by atoms with Crippen molar-refractivity contribution in [1.82, 2.24) is 25.0 Å². The number of hydrogen-bond acceptors (Lipinski definition) is 8. The molecular formula is C43H54FN7O3. The van der Waals surface area contributed by atoms with Crippen molar-refractivity contribution in [2.75, 3.05) is 23.8 Å². The third kappa shape index (κ3) is 5.96. The fourth-order valence-corrected chi connectivity index (χ4v) is 12.1. The number of rotatable bonds is 10. The highest BCUT2D eigenvalue weighted by atomic mass is 19.1. The van der Waals surface area contributed by atoms with E-state index in [-0.39, 0.29) is 17.3 Å². The molecule has 0 spiro atoms. The number of fused-ring (bicyclic) bond motifs is 5. The van der Waals surface area contributed by atoms with Crippen molar-refractivity contribution in [3.63, 3.8) is 0 Å². The second-order valence-electron chi connectivity index (χ2n) is 17.6. The Bertz CT molecular complexity index is 2100. The largest absolute Gasteiger partial charge is 0.385 e. The molecule has 0 radical (unpaired) electrons. The molecular weight excluding hydrogens is 682 g/mol. The summed E-state index contributed by atoms with van der Waals surface area (Å²) in [5, 5.41) is 19.3. The molecule has 11 heteroatoms. The van der Waals surface area contributed by atoms with Gasteiger partial charge in [-0.05, 0) is 129 Å². The van der Waals surface area contributed by atoms with Gasteiger partial charge in [-0.15, -0.1) is 0 Å². The summed E-state index contributed by atoms with van der Waals surface area (Å²) in [6.45, 7) is 6.79. The molecule has 0 bridgehead atoms. The van der Waals surface area contributed by atoms with Gasteiger partial charge < -0.3 is 15.4 Å². The van der Waals surface area contributed by atoms with Gasteiger partial charge in [-0.25, -0.2) is 14.5 Å². The summed E-state index contributed by atoms with van der Waals surface area (Å²) in [7, 11) is 1.84. The van der Waals surface area contributed by atoms with Crippen LogP contribution in [-0.4, -0.2) is 50.0 Å². The predicted molar refractivity (Wildman–Crippen MR) is 207 cm³/mol. The zero-order chi connectivity index (χ0) is 37.2. The summed E-state index contributed by atoms with van der Waals surface area (Å²) in [4.78, 5) is 29.4. The Morgan fingerprint density at radius 2 is 1.81 bits per heavy atom. The smallest absolute Gasteiger partial charge is 0.272 e. The van der Waals surface area contributed by atoms with Crippen LogP contribution >= 0.6 is 0 Å². The Labute approximate surface area is 316 Å². The summed E-state index contributed by atoms with van der Waals surface area (Å²) in [5.41, 5.74) is 3.44. The van der Waals surface area contributed by atoms with Crippen LogP contribution in [0, 0.1) is 40.3 Å². The molecule has 2 aromatic heterocycles. The Kier molecular flexibility index (Phi) is 9.14. The molecule has 3 heterocycles. The molecule has 4 aromatic rings. The standard InChI is InChI=1S/C43H54FN7O3/c1-42-17-15-29(52)21-26(42)9-12-30-32-13-14-35(43(32,2)18-16-33(30)42)54-20-6-4-5-19-45-28-10-7-25(8-11-28)38-37(40-46-24-47-51(40)3)39-36-31(41(53)50-49-39)22-27(44)23-34(36)48-38/h7-8,10-11,22-24,26,30,32-33,35,37-38,45,48H,4-6,9,12-21H2,1-3H3,(H,50,53)/t26-,30-,32-,33-,35-,37+,38+,42-,43-/m0/s1. The Morgan fingerprint density at radius 3 is 2.63 bits per heavy atom. The first-order chi connectivity index (χ1) is 26.1. The highest BCUT2D eigenvalue weighted by molar-refractivity contribution is 5.97. The first-order valence-electron chi connectivity index (χ1n) is 20.4. The van der Waals surface area contributed by atoms with Gasteiger partial charge in [0.1, 0.15) is 23.8 Å². The van der Waals surface area contributed by atoms with E-state index in [9.17, 15) is 14.0 Å². The third-order valence-electron chi connectivity index (χ3n) is 15.0. The van der Waals surface area contributed by atoms with Crippen molar-refractivity contribution in [2.45, 2.75) is 109 Å². The quantitative estimate of drug-likeness (QED) is 0.140. The number of ether oxygens (including phenoxy) is 1. The number of nitrogens with zero attached hydrogens (tertiary/aromatic N) is 4. The number of halogens is 1. The summed E-state index contributed by atoms with van der Waals surface area (Å²) < 4.78 is 23.1. The van der Waals surface area contributed by atoms with E-state index in [1.165, 1.54) is 57.0 Å². The van der Waals surface area contributed by atoms with E-state index in [2.05, 4.69) is 69.0 Å². The third-order valence-corrected chi connectivity index (χ3v) is 15.0. The van der Waals surface area contributed by atoms with Crippen molar-refractivity contribution >= 4 is 27.9 Å². The lowest BCUT2D eigenvalue weighted by Gasteiger charge is -2.60. The van der Waals surface area contributed by atoms with Crippen molar-refractivity contribution in [3.05, 3.63) is 76.0 Å². The van der Waals surface area contributed by atoms with Crippen LogP contribution in [0.2, 0.25) is 0 Å².